The van der Waals surface area contributed by atoms with Gasteiger partial charge in [-0.15, -0.1) is 0 Å². The molecule has 1 heterocycles. The standard InChI is InChI=1S/C11H18FNO3/c1-7(14)9-5-8(12)6-13(9)10(15)16-11(2,3)4/h8-9H,5-6H2,1-4H3/t8-,9+/m1/s1/i1D3. The van der Waals surface area contributed by atoms with E-state index in [-0.39, 0.29) is 13.0 Å². The first-order valence-electron chi connectivity index (χ1n) is 6.60. The Hall–Kier alpha value is -1.13. The van der Waals surface area contributed by atoms with Crippen molar-refractivity contribution in [3.05, 3.63) is 0 Å². The number of Topliss-reactive ketones (excluding diaryl/α,β-unsaturated/α-hetero) is 1. The van der Waals surface area contributed by atoms with Gasteiger partial charge in [0.2, 0.25) is 0 Å². The summed E-state index contributed by atoms with van der Waals surface area (Å²) in [5.41, 5.74) is -0.793. The Bertz CT molecular complexity index is 378. The van der Waals surface area contributed by atoms with Crippen molar-refractivity contribution in [2.45, 2.75) is 51.9 Å². The molecule has 0 spiro atoms. The first kappa shape index (κ1) is 8.96. The lowest BCUT2D eigenvalue weighted by atomic mass is 10.1. The number of hydrogen-bond acceptors (Lipinski definition) is 3. The summed E-state index contributed by atoms with van der Waals surface area (Å²) in [6.07, 6.45) is -2.57. The van der Waals surface area contributed by atoms with Crippen LogP contribution >= 0.6 is 0 Å². The van der Waals surface area contributed by atoms with Gasteiger partial charge in [-0.05, 0) is 27.6 Å². The fourth-order valence-electron chi connectivity index (χ4n) is 1.56. The predicted octanol–water partition coefficient (Wildman–Crippen LogP) is 1.92. The highest BCUT2D eigenvalue weighted by Gasteiger charge is 2.39. The monoisotopic (exact) mass is 234 g/mol. The Morgan fingerprint density at radius 2 is 2.12 bits per heavy atom. The Balaban J connectivity index is 2.86. The Kier molecular flexibility index (Phi) is 2.46. The predicted molar refractivity (Wildman–Crippen MR) is 56.9 cm³/mol. The van der Waals surface area contributed by atoms with Gasteiger partial charge in [0.1, 0.15) is 11.8 Å². The molecule has 0 aromatic carbocycles. The molecule has 16 heavy (non-hydrogen) atoms. The number of ether oxygens (including phenoxy) is 1. The van der Waals surface area contributed by atoms with E-state index >= 15 is 0 Å². The van der Waals surface area contributed by atoms with Gasteiger partial charge in [0.15, 0.2) is 5.78 Å². The molecule has 1 saturated heterocycles. The molecule has 0 unspecified atom stereocenters. The highest BCUT2D eigenvalue weighted by Crippen LogP contribution is 2.23. The average molecular weight is 234 g/mol. The number of carbonyl (C=O) groups is 2. The third-order valence-electron chi connectivity index (χ3n) is 2.18. The van der Waals surface area contributed by atoms with Crippen molar-refractivity contribution in [3.8, 4) is 0 Å². The number of halogens is 1. The van der Waals surface area contributed by atoms with E-state index in [9.17, 15) is 14.0 Å². The fourth-order valence-corrected chi connectivity index (χ4v) is 1.56. The molecule has 0 N–H and O–H groups in total. The van der Waals surface area contributed by atoms with Crippen LogP contribution in [0, 0.1) is 0 Å². The number of likely N-dealkylation sites (tertiary alicyclic amines) is 1. The topological polar surface area (TPSA) is 46.6 Å². The van der Waals surface area contributed by atoms with E-state index in [1.54, 1.807) is 20.8 Å². The Morgan fingerprint density at radius 3 is 2.62 bits per heavy atom. The van der Waals surface area contributed by atoms with E-state index in [0.29, 0.717) is 0 Å². The molecule has 1 aliphatic rings. The molecule has 0 saturated carbocycles. The lowest BCUT2D eigenvalue weighted by Gasteiger charge is -2.27. The quantitative estimate of drug-likeness (QED) is 0.696. The smallest absolute Gasteiger partial charge is 0.411 e. The minimum Gasteiger partial charge on any atom is -0.444 e. The van der Waals surface area contributed by atoms with Gasteiger partial charge in [-0.3, -0.25) is 9.69 Å². The average Bonchev–Trinajstić information content (AvgIpc) is 2.55. The number of rotatable bonds is 1. The van der Waals surface area contributed by atoms with E-state index in [1.807, 2.05) is 0 Å². The molecule has 0 aromatic rings. The lowest BCUT2D eigenvalue weighted by Crippen LogP contribution is -2.42. The van der Waals surface area contributed by atoms with E-state index in [2.05, 4.69) is 0 Å². The number of amides is 1. The largest absolute Gasteiger partial charge is 0.444 e. The molecule has 0 aromatic heterocycles. The van der Waals surface area contributed by atoms with E-state index < -0.39 is 36.5 Å². The molecular weight excluding hydrogens is 213 g/mol. The number of hydrogen-bond donors (Lipinski definition) is 0. The van der Waals surface area contributed by atoms with Crippen LogP contribution in [0.5, 0.6) is 0 Å². The summed E-state index contributed by atoms with van der Waals surface area (Å²) in [4.78, 5) is 24.4. The summed E-state index contributed by atoms with van der Waals surface area (Å²) < 4.78 is 39.6. The summed E-state index contributed by atoms with van der Waals surface area (Å²) in [6, 6.07) is -1.28. The first-order chi connectivity index (χ1) is 8.42. The van der Waals surface area contributed by atoms with E-state index in [0.717, 1.165) is 4.90 Å². The molecule has 0 bridgehead atoms. The fraction of sp³-hybridized carbons (Fsp3) is 0.818. The van der Waals surface area contributed by atoms with Crippen LogP contribution in [0.4, 0.5) is 9.18 Å². The Morgan fingerprint density at radius 1 is 1.50 bits per heavy atom. The lowest BCUT2D eigenvalue weighted by molar-refractivity contribution is -0.121. The highest BCUT2D eigenvalue weighted by atomic mass is 19.1. The minimum absolute atomic E-state index is 0.295. The van der Waals surface area contributed by atoms with Crippen LogP contribution in [0.25, 0.3) is 0 Å². The van der Waals surface area contributed by atoms with Crippen molar-refractivity contribution in [1.82, 2.24) is 4.90 Å². The van der Waals surface area contributed by atoms with Crippen molar-refractivity contribution in [3.63, 3.8) is 0 Å². The van der Waals surface area contributed by atoms with Gasteiger partial charge in [-0.2, -0.15) is 0 Å². The molecule has 1 aliphatic heterocycles. The molecule has 1 amide bonds. The zero-order chi connectivity index (χ0) is 15.0. The van der Waals surface area contributed by atoms with Crippen molar-refractivity contribution in [2.75, 3.05) is 6.54 Å². The summed E-state index contributed by atoms with van der Waals surface area (Å²) in [7, 11) is 0. The third kappa shape index (κ3) is 3.18. The van der Waals surface area contributed by atoms with Crippen molar-refractivity contribution < 1.29 is 22.8 Å². The number of alkyl halides is 1. The highest BCUT2D eigenvalue weighted by molar-refractivity contribution is 5.86. The summed E-state index contributed by atoms with van der Waals surface area (Å²) in [6.45, 7) is 1.73. The van der Waals surface area contributed by atoms with Crippen LogP contribution in [0.15, 0.2) is 0 Å². The van der Waals surface area contributed by atoms with Crippen molar-refractivity contribution in [1.29, 1.82) is 0 Å². The van der Waals surface area contributed by atoms with Crippen LogP contribution in [0.2, 0.25) is 0 Å². The third-order valence-corrected chi connectivity index (χ3v) is 2.18. The summed E-state index contributed by atoms with van der Waals surface area (Å²) in [5.74, 6) is -1.13. The van der Waals surface area contributed by atoms with Crippen LogP contribution in [-0.2, 0) is 9.53 Å². The van der Waals surface area contributed by atoms with Crippen molar-refractivity contribution in [2.24, 2.45) is 0 Å². The maximum atomic E-state index is 13.4. The number of carbonyl (C=O) groups excluding carboxylic acids is 2. The normalized spacial score (nSPS) is 29.2. The van der Waals surface area contributed by atoms with Gasteiger partial charge in [0.05, 0.1) is 12.6 Å². The molecule has 5 heteroatoms. The number of nitrogens with zero attached hydrogens (tertiary/aromatic N) is 1. The molecule has 0 radical (unpaired) electrons. The first-order valence-corrected chi connectivity index (χ1v) is 5.10. The van der Waals surface area contributed by atoms with Crippen LogP contribution in [0.3, 0.4) is 0 Å². The molecule has 92 valence electrons. The maximum absolute atomic E-state index is 13.4. The second-order valence-electron chi connectivity index (χ2n) is 4.85. The SMILES string of the molecule is [2H]C([2H])([2H])C(=O)[C@@H]1C[C@@H](F)CN1C(=O)OC(C)(C)C. The van der Waals surface area contributed by atoms with Gasteiger partial charge in [0.25, 0.3) is 0 Å². The van der Waals surface area contributed by atoms with Crippen LogP contribution in [0.1, 0.15) is 38.2 Å². The van der Waals surface area contributed by atoms with Gasteiger partial charge >= 0.3 is 6.09 Å². The molecule has 1 rings (SSSR count). The zero-order valence-corrected chi connectivity index (χ0v) is 9.62. The number of ketones is 1. The van der Waals surface area contributed by atoms with Gasteiger partial charge in [0, 0.05) is 10.5 Å². The molecule has 4 nitrogen and oxygen atoms in total. The van der Waals surface area contributed by atoms with Gasteiger partial charge in [-0.1, -0.05) is 0 Å². The summed E-state index contributed by atoms with van der Waals surface area (Å²) in [5, 5.41) is 0. The molecular formula is C11H18FNO3. The van der Waals surface area contributed by atoms with Gasteiger partial charge in [-0.25, -0.2) is 9.18 Å². The molecule has 0 aliphatic carbocycles. The zero-order valence-electron chi connectivity index (χ0n) is 12.6. The van der Waals surface area contributed by atoms with Gasteiger partial charge < -0.3 is 4.74 Å². The van der Waals surface area contributed by atoms with Crippen LogP contribution in [-0.4, -0.2) is 41.1 Å². The molecule has 2 atom stereocenters. The Labute approximate surface area is 99.0 Å². The van der Waals surface area contributed by atoms with E-state index in [1.165, 1.54) is 0 Å². The van der Waals surface area contributed by atoms with Crippen LogP contribution < -0.4 is 0 Å². The van der Waals surface area contributed by atoms with Crippen molar-refractivity contribution >= 4 is 11.9 Å². The maximum Gasteiger partial charge on any atom is 0.411 e. The van der Waals surface area contributed by atoms with E-state index in [4.69, 9.17) is 8.85 Å². The minimum atomic E-state index is -2.85. The second-order valence-corrected chi connectivity index (χ2v) is 4.85. The molecule has 1 fully saturated rings. The second kappa shape index (κ2) is 4.39. The summed E-state index contributed by atoms with van der Waals surface area (Å²) >= 11 is 0.